The zero-order valence-electron chi connectivity index (χ0n) is 18.8. The van der Waals surface area contributed by atoms with Crippen molar-refractivity contribution in [3.05, 3.63) is 64.4 Å². The SMILES string of the molecule is C=CCC1C(c2ccc(C(F)(F)F)cc2)N(CC2(C)Cn3cc([N+](=O)[O-])nc3O2)CCN1C(=O)O. The number of rotatable bonds is 6. The van der Waals surface area contributed by atoms with Crippen LogP contribution in [0.4, 0.5) is 23.8 Å². The van der Waals surface area contributed by atoms with E-state index in [-0.39, 0.29) is 31.5 Å². The normalized spacial score (nSPS) is 24.6. The maximum atomic E-state index is 13.1. The third-order valence-corrected chi connectivity index (χ3v) is 6.31. The van der Waals surface area contributed by atoms with Gasteiger partial charge in [-0.2, -0.15) is 13.2 Å². The van der Waals surface area contributed by atoms with Gasteiger partial charge in [-0.3, -0.25) is 9.47 Å². The number of nitro groups is 1. The first kappa shape index (κ1) is 24.5. The van der Waals surface area contributed by atoms with Gasteiger partial charge in [-0.05, 0) is 36.0 Å². The minimum Gasteiger partial charge on any atom is -0.465 e. The van der Waals surface area contributed by atoms with Gasteiger partial charge in [0.15, 0.2) is 0 Å². The molecule has 1 fully saturated rings. The van der Waals surface area contributed by atoms with E-state index in [1.807, 2.05) is 11.8 Å². The minimum absolute atomic E-state index is 0.108. The summed E-state index contributed by atoms with van der Waals surface area (Å²) in [5.41, 5.74) is -1.10. The lowest BCUT2D eigenvalue weighted by atomic mass is 9.89. The summed E-state index contributed by atoms with van der Waals surface area (Å²) in [7, 11) is 0. The molecule has 3 atom stereocenters. The van der Waals surface area contributed by atoms with Crippen molar-refractivity contribution in [2.45, 2.75) is 43.8 Å². The Bertz CT molecular complexity index is 1110. The molecular weight excluding hydrogens is 471 g/mol. The van der Waals surface area contributed by atoms with Gasteiger partial charge in [-0.25, -0.2) is 4.79 Å². The van der Waals surface area contributed by atoms with Crippen molar-refractivity contribution in [3.8, 4) is 6.01 Å². The van der Waals surface area contributed by atoms with Gasteiger partial charge in [0, 0.05) is 24.6 Å². The Morgan fingerprint density at radius 3 is 2.60 bits per heavy atom. The maximum absolute atomic E-state index is 13.1. The summed E-state index contributed by atoms with van der Waals surface area (Å²) in [6.45, 7) is 6.60. The van der Waals surface area contributed by atoms with E-state index >= 15 is 0 Å². The average molecular weight is 495 g/mol. The third-order valence-electron chi connectivity index (χ3n) is 6.31. The van der Waals surface area contributed by atoms with Crippen LogP contribution in [0, 0.1) is 10.1 Å². The quantitative estimate of drug-likeness (QED) is 0.367. The highest BCUT2D eigenvalue weighted by Crippen LogP contribution is 2.39. The maximum Gasteiger partial charge on any atom is 0.416 e. The number of imidazole rings is 1. The van der Waals surface area contributed by atoms with Gasteiger partial charge in [0.05, 0.1) is 24.2 Å². The van der Waals surface area contributed by atoms with Crippen LogP contribution >= 0.6 is 0 Å². The van der Waals surface area contributed by atoms with Crippen molar-refractivity contribution in [1.82, 2.24) is 19.4 Å². The highest BCUT2D eigenvalue weighted by atomic mass is 19.4. The standard InChI is InChI=1S/C22H24F3N5O5/c1-3-4-16-18(14-5-7-15(8-6-14)22(23,24)25)27(9-10-29(16)20(31)32)12-21(2)13-28-11-17(30(33)34)26-19(28)35-21/h3,5-8,11,16,18H,1,4,9-10,12-13H2,2H3,(H,31,32). The third kappa shape index (κ3) is 4.81. The molecule has 0 bridgehead atoms. The van der Waals surface area contributed by atoms with Crippen LogP contribution in [-0.2, 0) is 12.7 Å². The number of halogens is 3. The number of hydrogen-bond donors (Lipinski definition) is 1. The number of aromatic nitrogens is 2. The predicted molar refractivity (Wildman–Crippen MR) is 117 cm³/mol. The van der Waals surface area contributed by atoms with Crippen molar-refractivity contribution in [1.29, 1.82) is 0 Å². The molecule has 2 aliphatic heterocycles. The van der Waals surface area contributed by atoms with Crippen LogP contribution < -0.4 is 4.74 Å². The summed E-state index contributed by atoms with van der Waals surface area (Å²) >= 11 is 0. The molecule has 1 aromatic heterocycles. The number of benzene rings is 1. The Hall–Kier alpha value is -3.61. The number of ether oxygens (including phenoxy) is 1. The highest BCUT2D eigenvalue weighted by molar-refractivity contribution is 5.66. The predicted octanol–water partition coefficient (Wildman–Crippen LogP) is 3.94. The molecule has 13 heteroatoms. The molecule has 1 aromatic carbocycles. The number of carbonyl (C=O) groups is 1. The summed E-state index contributed by atoms with van der Waals surface area (Å²) < 4.78 is 46.9. The van der Waals surface area contributed by atoms with Gasteiger partial charge in [-0.15, -0.1) is 6.58 Å². The molecule has 0 saturated carbocycles. The lowest BCUT2D eigenvalue weighted by Crippen LogP contribution is -2.59. The first-order valence-corrected chi connectivity index (χ1v) is 10.8. The number of alkyl halides is 3. The summed E-state index contributed by atoms with van der Waals surface area (Å²) in [6, 6.07) is 3.67. The number of hydrogen-bond acceptors (Lipinski definition) is 6. The second-order valence-corrected chi connectivity index (χ2v) is 8.92. The van der Waals surface area contributed by atoms with Gasteiger partial charge >= 0.3 is 24.1 Å². The van der Waals surface area contributed by atoms with Crippen LogP contribution in [0.25, 0.3) is 0 Å². The minimum atomic E-state index is -4.49. The first-order valence-electron chi connectivity index (χ1n) is 10.8. The van der Waals surface area contributed by atoms with E-state index in [0.717, 1.165) is 12.1 Å². The molecular formula is C22H24F3N5O5. The van der Waals surface area contributed by atoms with Crippen LogP contribution in [0.1, 0.15) is 30.5 Å². The number of carboxylic acid groups (broad SMARTS) is 1. The summed E-state index contributed by atoms with van der Waals surface area (Å²) in [4.78, 5) is 29.5. The van der Waals surface area contributed by atoms with Crippen molar-refractivity contribution >= 4 is 11.9 Å². The Balaban J connectivity index is 1.65. The molecule has 35 heavy (non-hydrogen) atoms. The number of piperazine rings is 1. The first-order chi connectivity index (χ1) is 16.4. The molecule has 2 aliphatic rings. The van der Waals surface area contributed by atoms with E-state index in [4.69, 9.17) is 4.74 Å². The Labute approximate surface area is 198 Å². The molecule has 4 rings (SSSR count). The largest absolute Gasteiger partial charge is 0.465 e. The van der Waals surface area contributed by atoms with Gasteiger partial charge in [0.25, 0.3) is 0 Å². The van der Waals surface area contributed by atoms with E-state index < -0.39 is 40.4 Å². The topological polar surface area (TPSA) is 114 Å². The smallest absolute Gasteiger partial charge is 0.416 e. The monoisotopic (exact) mass is 495 g/mol. The van der Waals surface area contributed by atoms with Gasteiger partial charge in [0.1, 0.15) is 11.8 Å². The van der Waals surface area contributed by atoms with E-state index in [9.17, 15) is 33.2 Å². The van der Waals surface area contributed by atoms with Gasteiger partial charge < -0.3 is 24.9 Å². The van der Waals surface area contributed by atoms with Crippen LogP contribution in [0.15, 0.2) is 43.1 Å². The fourth-order valence-electron chi connectivity index (χ4n) is 4.89. The van der Waals surface area contributed by atoms with E-state index in [1.165, 1.54) is 23.2 Å². The Morgan fingerprint density at radius 2 is 2.06 bits per heavy atom. The molecule has 0 radical (unpaired) electrons. The Kier molecular flexibility index (Phi) is 6.21. The molecule has 3 unspecified atom stereocenters. The fourth-order valence-corrected chi connectivity index (χ4v) is 4.89. The molecule has 188 valence electrons. The van der Waals surface area contributed by atoms with Crippen molar-refractivity contribution < 1.29 is 32.7 Å². The number of amides is 1. The van der Waals surface area contributed by atoms with Gasteiger partial charge in [0.2, 0.25) is 0 Å². The second-order valence-electron chi connectivity index (χ2n) is 8.92. The van der Waals surface area contributed by atoms with E-state index in [2.05, 4.69) is 11.6 Å². The second kappa shape index (κ2) is 8.87. The van der Waals surface area contributed by atoms with E-state index in [0.29, 0.717) is 18.5 Å². The zero-order valence-corrected chi connectivity index (χ0v) is 18.8. The molecule has 1 amide bonds. The summed E-state index contributed by atoms with van der Waals surface area (Å²) in [5, 5.41) is 20.8. The van der Waals surface area contributed by atoms with Crippen molar-refractivity contribution in [2.24, 2.45) is 0 Å². The molecule has 0 spiro atoms. The number of nitrogens with zero attached hydrogens (tertiary/aromatic N) is 5. The molecule has 3 heterocycles. The molecule has 1 N–H and O–H groups in total. The average Bonchev–Trinajstić information content (AvgIpc) is 3.28. The molecule has 2 aromatic rings. The Morgan fingerprint density at radius 1 is 1.37 bits per heavy atom. The zero-order chi connectivity index (χ0) is 25.5. The van der Waals surface area contributed by atoms with Crippen LogP contribution in [0.3, 0.4) is 0 Å². The van der Waals surface area contributed by atoms with E-state index in [1.54, 1.807) is 10.6 Å². The van der Waals surface area contributed by atoms with Crippen LogP contribution in [0.2, 0.25) is 0 Å². The van der Waals surface area contributed by atoms with Gasteiger partial charge in [-0.1, -0.05) is 18.2 Å². The molecule has 10 nitrogen and oxygen atoms in total. The fraction of sp³-hybridized carbons (Fsp3) is 0.455. The summed E-state index contributed by atoms with van der Waals surface area (Å²) in [6.07, 6.45) is -2.45. The van der Waals surface area contributed by atoms with Crippen molar-refractivity contribution in [3.63, 3.8) is 0 Å². The summed E-state index contributed by atoms with van der Waals surface area (Å²) in [5.74, 6) is -0.328. The molecule has 1 saturated heterocycles. The molecule has 0 aliphatic carbocycles. The highest BCUT2D eigenvalue weighted by Gasteiger charge is 2.46. The van der Waals surface area contributed by atoms with Crippen LogP contribution in [-0.4, -0.2) is 66.8 Å². The van der Waals surface area contributed by atoms with Crippen LogP contribution in [0.5, 0.6) is 6.01 Å². The number of fused-ring (bicyclic) bond motifs is 1. The lowest BCUT2D eigenvalue weighted by Gasteiger charge is -2.48. The van der Waals surface area contributed by atoms with Crippen molar-refractivity contribution in [2.75, 3.05) is 19.6 Å². The lowest BCUT2D eigenvalue weighted by molar-refractivity contribution is -0.389.